The number of hydrogen-bond donors (Lipinski definition) is 1. The molecule has 2 N–H and O–H groups in total. The zero-order valence-corrected chi connectivity index (χ0v) is 7.88. The maximum atomic E-state index is 11.2. The topological polar surface area (TPSA) is 43.1 Å². The van der Waals surface area contributed by atoms with E-state index in [2.05, 4.69) is 6.58 Å². The quantitative estimate of drug-likeness (QED) is 0.468. The van der Waals surface area contributed by atoms with Crippen molar-refractivity contribution in [2.75, 3.05) is 0 Å². The lowest BCUT2D eigenvalue weighted by molar-refractivity contribution is -0.120. The van der Waals surface area contributed by atoms with E-state index in [1.807, 2.05) is 13.0 Å². The number of carbonyl (C=O) groups excluding carboxylic acids is 1. The number of carbonyl (C=O) groups is 1. The van der Waals surface area contributed by atoms with Crippen molar-refractivity contribution in [1.29, 1.82) is 0 Å². The van der Waals surface area contributed by atoms with E-state index in [0.29, 0.717) is 6.42 Å². The van der Waals surface area contributed by atoms with Crippen LogP contribution in [0.5, 0.6) is 0 Å². The highest BCUT2D eigenvalue weighted by Gasteiger charge is 2.10. The Morgan fingerprint density at radius 1 is 1.67 bits per heavy atom. The van der Waals surface area contributed by atoms with Crippen LogP contribution in [0.25, 0.3) is 0 Å². The number of allylic oxidation sites excluding steroid dienone is 1. The van der Waals surface area contributed by atoms with Crippen molar-refractivity contribution in [3.05, 3.63) is 12.7 Å². The van der Waals surface area contributed by atoms with Crippen molar-refractivity contribution in [2.45, 2.75) is 45.1 Å². The average Bonchev–Trinajstić information content (AvgIpc) is 2.05. The first-order valence-electron chi connectivity index (χ1n) is 4.61. The van der Waals surface area contributed by atoms with Gasteiger partial charge in [-0.1, -0.05) is 19.4 Å². The normalized spacial score (nSPS) is 12.5. The van der Waals surface area contributed by atoms with Crippen molar-refractivity contribution in [3.63, 3.8) is 0 Å². The van der Waals surface area contributed by atoms with E-state index in [-0.39, 0.29) is 11.8 Å². The molecular formula is C10H19NO. The third-order valence-corrected chi connectivity index (χ3v) is 1.84. The van der Waals surface area contributed by atoms with E-state index in [1.54, 1.807) is 0 Å². The molecule has 0 aliphatic rings. The first-order chi connectivity index (χ1) is 5.72. The lowest BCUT2D eigenvalue weighted by atomic mass is 10.0. The van der Waals surface area contributed by atoms with Gasteiger partial charge >= 0.3 is 0 Å². The molecule has 0 aliphatic carbocycles. The van der Waals surface area contributed by atoms with Crippen LogP contribution in [0.2, 0.25) is 0 Å². The zero-order chi connectivity index (χ0) is 9.40. The smallest absolute Gasteiger partial charge is 0.149 e. The summed E-state index contributed by atoms with van der Waals surface area (Å²) in [6, 6.07) is -0.236. The lowest BCUT2D eigenvalue weighted by Gasteiger charge is -2.07. The highest BCUT2D eigenvalue weighted by molar-refractivity contribution is 5.83. The number of nitrogens with two attached hydrogens (primary N) is 1. The minimum Gasteiger partial charge on any atom is -0.322 e. The Labute approximate surface area is 74.8 Å². The molecule has 0 aromatic heterocycles. The molecule has 0 amide bonds. The van der Waals surface area contributed by atoms with Gasteiger partial charge in [0.25, 0.3) is 0 Å². The van der Waals surface area contributed by atoms with Crippen molar-refractivity contribution >= 4 is 5.78 Å². The zero-order valence-electron chi connectivity index (χ0n) is 7.88. The summed E-state index contributed by atoms with van der Waals surface area (Å²) in [5, 5.41) is 0. The van der Waals surface area contributed by atoms with E-state index in [9.17, 15) is 4.79 Å². The van der Waals surface area contributed by atoms with E-state index >= 15 is 0 Å². The molecule has 0 fully saturated rings. The highest BCUT2D eigenvalue weighted by atomic mass is 16.1. The number of hydrogen-bond acceptors (Lipinski definition) is 2. The fourth-order valence-electron chi connectivity index (χ4n) is 1.08. The second kappa shape index (κ2) is 7.04. The maximum Gasteiger partial charge on any atom is 0.149 e. The van der Waals surface area contributed by atoms with Gasteiger partial charge in [-0.05, 0) is 19.3 Å². The molecule has 0 saturated heterocycles. The van der Waals surface area contributed by atoms with Gasteiger partial charge in [0.15, 0.2) is 0 Å². The molecule has 0 heterocycles. The summed E-state index contributed by atoms with van der Waals surface area (Å²) in [6.45, 7) is 5.63. The lowest BCUT2D eigenvalue weighted by Crippen LogP contribution is -2.29. The third-order valence-electron chi connectivity index (χ3n) is 1.84. The Bertz CT molecular complexity index is 143. The summed E-state index contributed by atoms with van der Waals surface area (Å²) in [5.41, 5.74) is 5.63. The summed E-state index contributed by atoms with van der Waals surface area (Å²) in [7, 11) is 0. The van der Waals surface area contributed by atoms with Gasteiger partial charge in [0.2, 0.25) is 0 Å². The molecule has 0 rings (SSSR count). The molecule has 0 aromatic carbocycles. The summed E-state index contributed by atoms with van der Waals surface area (Å²) >= 11 is 0. The van der Waals surface area contributed by atoms with E-state index < -0.39 is 0 Å². The van der Waals surface area contributed by atoms with Crippen LogP contribution < -0.4 is 5.73 Å². The molecule has 0 aromatic rings. The van der Waals surface area contributed by atoms with E-state index in [4.69, 9.17) is 5.73 Å². The molecule has 2 nitrogen and oxygen atoms in total. The summed E-state index contributed by atoms with van der Waals surface area (Å²) in [4.78, 5) is 11.2. The van der Waals surface area contributed by atoms with Crippen LogP contribution in [-0.4, -0.2) is 11.8 Å². The highest BCUT2D eigenvalue weighted by Crippen LogP contribution is 2.02. The first-order valence-corrected chi connectivity index (χ1v) is 4.61. The largest absolute Gasteiger partial charge is 0.322 e. The molecule has 0 spiro atoms. The summed E-state index contributed by atoms with van der Waals surface area (Å²) < 4.78 is 0. The molecule has 0 aliphatic heterocycles. The Morgan fingerprint density at radius 2 is 2.33 bits per heavy atom. The van der Waals surface area contributed by atoms with Crippen molar-refractivity contribution < 1.29 is 4.79 Å². The fraction of sp³-hybridized carbons (Fsp3) is 0.700. The van der Waals surface area contributed by atoms with Gasteiger partial charge in [0.1, 0.15) is 5.78 Å². The van der Waals surface area contributed by atoms with Crippen LogP contribution in [0.3, 0.4) is 0 Å². The molecule has 1 unspecified atom stereocenters. The van der Waals surface area contributed by atoms with Crippen molar-refractivity contribution in [1.82, 2.24) is 0 Å². The third kappa shape index (κ3) is 5.08. The van der Waals surface area contributed by atoms with Gasteiger partial charge in [0.05, 0.1) is 6.04 Å². The van der Waals surface area contributed by atoms with Gasteiger partial charge in [0, 0.05) is 6.42 Å². The summed E-state index contributed by atoms with van der Waals surface area (Å²) in [5.74, 6) is 0.193. The molecule has 1 atom stereocenters. The molecule has 12 heavy (non-hydrogen) atoms. The minimum atomic E-state index is -0.236. The molecule has 70 valence electrons. The maximum absolute atomic E-state index is 11.2. The molecule has 0 bridgehead atoms. The van der Waals surface area contributed by atoms with Gasteiger partial charge in [-0.25, -0.2) is 0 Å². The number of unbranched alkanes of at least 4 members (excludes halogenated alkanes) is 1. The van der Waals surface area contributed by atoms with Crippen LogP contribution in [0.4, 0.5) is 0 Å². The number of rotatable bonds is 7. The Hall–Kier alpha value is -0.630. The molecular weight excluding hydrogens is 150 g/mol. The average molecular weight is 169 g/mol. The van der Waals surface area contributed by atoms with Crippen LogP contribution in [-0.2, 0) is 4.79 Å². The van der Waals surface area contributed by atoms with Crippen LogP contribution in [0.15, 0.2) is 12.7 Å². The number of ketones is 1. The molecule has 0 saturated carbocycles. The van der Waals surface area contributed by atoms with Crippen LogP contribution >= 0.6 is 0 Å². The second-order valence-corrected chi connectivity index (χ2v) is 3.04. The van der Waals surface area contributed by atoms with Crippen molar-refractivity contribution in [3.8, 4) is 0 Å². The standard InChI is InChI=1S/C10H19NO/c1-3-5-6-8-10(12)9(11)7-4-2/h3,9H,1,4-8,11H2,2H3. The van der Waals surface area contributed by atoms with E-state index in [1.165, 1.54) is 0 Å². The predicted octanol–water partition coefficient (Wildman–Crippen LogP) is 2.04. The van der Waals surface area contributed by atoms with Gasteiger partial charge in [-0.15, -0.1) is 6.58 Å². The minimum absolute atomic E-state index is 0.193. The predicted molar refractivity (Wildman–Crippen MR) is 51.9 cm³/mol. The van der Waals surface area contributed by atoms with Gasteiger partial charge in [-0.2, -0.15) is 0 Å². The molecule has 0 radical (unpaired) electrons. The molecule has 2 heteroatoms. The Morgan fingerprint density at radius 3 is 2.83 bits per heavy atom. The first kappa shape index (κ1) is 11.4. The van der Waals surface area contributed by atoms with Crippen LogP contribution in [0, 0.1) is 0 Å². The van der Waals surface area contributed by atoms with E-state index in [0.717, 1.165) is 25.7 Å². The number of Topliss-reactive ketones (excluding diaryl/α,β-unsaturated/α-hetero) is 1. The van der Waals surface area contributed by atoms with Crippen molar-refractivity contribution in [2.24, 2.45) is 5.73 Å². The SMILES string of the molecule is C=CCCCC(=O)C(N)CCC. The Kier molecular flexibility index (Phi) is 6.67. The summed E-state index contributed by atoms with van der Waals surface area (Å²) in [6.07, 6.45) is 6.03. The van der Waals surface area contributed by atoms with Gasteiger partial charge in [-0.3, -0.25) is 4.79 Å². The van der Waals surface area contributed by atoms with Gasteiger partial charge < -0.3 is 5.73 Å². The monoisotopic (exact) mass is 169 g/mol. The Balaban J connectivity index is 3.49. The fourth-order valence-corrected chi connectivity index (χ4v) is 1.08. The van der Waals surface area contributed by atoms with Crippen LogP contribution in [0.1, 0.15) is 39.0 Å². The second-order valence-electron chi connectivity index (χ2n) is 3.04.